The maximum atomic E-state index is 5.43. The zero-order valence-corrected chi connectivity index (χ0v) is 12.9. The molecule has 0 aliphatic heterocycles. The van der Waals surface area contributed by atoms with Gasteiger partial charge in [0.2, 0.25) is 0 Å². The lowest BCUT2D eigenvalue weighted by Gasteiger charge is -2.08. The summed E-state index contributed by atoms with van der Waals surface area (Å²) < 4.78 is 3.96. The summed E-state index contributed by atoms with van der Waals surface area (Å²) in [5.74, 6) is 0. The predicted octanol–water partition coefficient (Wildman–Crippen LogP) is 4.82. The van der Waals surface area contributed by atoms with E-state index in [1.54, 1.807) is 0 Å². The molecule has 0 amide bonds. The molecule has 3 aromatic rings. The minimum Gasteiger partial charge on any atom is -0.331 e. The summed E-state index contributed by atoms with van der Waals surface area (Å²) in [6, 6.07) is 14.6. The van der Waals surface area contributed by atoms with Crippen LogP contribution < -0.4 is 0 Å². The first-order valence-corrected chi connectivity index (χ1v) is 7.28. The summed E-state index contributed by atoms with van der Waals surface area (Å²) >= 11 is 8.95. The highest BCUT2D eigenvalue weighted by molar-refractivity contribution is 9.10. The third-order valence-corrected chi connectivity index (χ3v) is 4.14. The minimum atomic E-state index is 0.761. The van der Waals surface area contributed by atoms with Gasteiger partial charge >= 0.3 is 0 Å². The standard InChI is InChI=1S/C15H13BrN2S/c1-10-4-2-3-5-11(10)9-18-14-8-12(16)6-7-13(14)17-15(18)19/h2-8H,9H2,1H3,(H,17,19). The molecule has 0 spiro atoms. The van der Waals surface area contributed by atoms with Crippen LogP contribution in [0.2, 0.25) is 0 Å². The van der Waals surface area contributed by atoms with Crippen LogP contribution in [0.3, 0.4) is 0 Å². The van der Waals surface area contributed by atoms with Gasteiger partial charge in [-0.05, 0) is 48.5 Å². The summed E-state index contributed by atoms with van der Waals surface area (Å²) in [4.78, 5) is 3.25. The van der Waals surface area contributed by atoms with Crippen LogP contribution in [-0.2, 0) is 6.54 Å². The molecule has 0 radical (unpaired) electrons. The smallest absolute Gasteiger partial charge is 0.178 e. The van der Waals surface area contributed by atoms with Crippen molar-refractivity contribution < 1.29 is 0 Å². The summed E-state index contributed by atoms with van der Waals surface area (Å²) in [7, 11) is 0. The molecule has 0 saturated heterocycles. The number of aromatic amines is 1. The van der Waals surface area contributed by atoms with Crippen molar-refractivity contribution in [2.45, 2.75) is 13.5 Å². The van der Waals surface area contributed by atoms with E-state index in [0.717, 1.165) is 26.8 Å². The highest BCUT2D eigenvalue weighted by Crippen LogP contribution is 2.21. The number of aromatic nitrogens is 2. The third kappa shape index (κ3) is 2.38. The van der Waals surface area contributed by atoms with Crippen molar-refractivity contribution in [3.05, 3.63) is 62.8 Å². The molecular formula is C15H13BrN2S. The maximum absolute atomic E-state index is 5.43. The largest absolute Gasteiger partial charge is 0.331 e. The van der Waals surface area contributed by atoms with Gasteiger partial charge in [0.1, 0.15) is 0 Å². The maximum Gasteiger partial charge on any atom is 0.178 e. The van der Waals surface area contributed by atoms with E-state index >= 15 is 0 Å². The normalized spacial score (nSPS) is 11.1. The molecule has 3 rings (SSSR count). The van der Waals surface area contributed by atoms with Gasteiger partial charge in [-0.15, -0.1) is 0 Å². The number of benzene rings is 2. The number of rotatable bonds is 2. The average molecular weight is 333 g/mol. The number of nitrogens with one attached hydrogen (secondary N) is 1. The summed E-state index contributed by atoms with van der Waals surface area (Å²) in [6.07, 6.45) is 0. The van der Waals surface area contributed by atoms with Gasteiger partial charge in [0.05, 0.1) is 17.6 Å². The first-order valence-electron chi connectivity index (χ1n) is 6.08. The second-order valence-electron chi connectivity index (χ2n) is 4.60. The van der Waals surface area contributed by atoms with Crippen molar-refractivity contribution in [1.29, 1.82) is 0 Å². The van der Waals surface area contributed by atoms with Gasteiger partial charge in [-0.1, -0.05) is 40.2 Å². The fourth-order valence-electron chi connectivity index (χ4n) is 2.24. The van der Waals surface area contributed by atoms with Gasteiger partial charge in [0.15, 0.2) is 4.77 Å². The lowest BCUT2D eigenvalue weighted by Crippen LogP contribution is -2.01. The average Bonchev–Trinajstić information content (AvgIpc) is 2.69. The molecule has 0 unspecified atom stereocenters. The number of hydrogen-bond acceptors (Lipinski definition) is 1. The molecule has 0 bridgehead atoms. The Morgan fingerprint density at radius 3 is 2.79 bits per heavy atom. The Bertz CT molecular complexity index is 801. The van der Waals surface area contributed by atoms with Gasteiger partial charge in [-0.2, -0.15) is 0 Å². The van der Waals surface area contributed by atoms with Crippen molar-refractivity contribution >= 4 is 39.2 Å². The van der Waals surface area contributed by atoms with Crippen molar-refractivity contribution in [2.75, 3.05) is 0 Å². The topological polar surface area (TPSA) is 20.7 Å². The highest BCUT2D eigenvalue weighted by Gasteiger charge is 2.06. The van der Waals surface area contributed by atoms with E-state index in [0.29, 0.717) is 0 Å². The zero-order valence-electron chi connectivity index (χ0n) is 10.5. The molecule has 0 fully saturated rings. The Morgan fingerprint density at radius 2 is 2.00 bits per heavy atom. The molecular weight excluding hydrogens is 320 g/mol. The summed E-state index contributed by atoms with van der Waals surface area (Å²) in [5.41, 5.74) is 4.78. The Morgan fingerprint density at radius 1 is 1.21 bits per heavy atom. The van der Waals surface area contributed by atoms with Crippen molar-refractivity contribution in [3.8, 4) is 0 Å². The van der Waals surface area contributed by atoms with E-state index < -0.39 is 0 Å². The van der Waals surface area contributed by atoms with Gasteiger partial charge in [0.25, 0.3) is 0 Å². The van der Waals surface area contributed by atoms with E-state index in [2.05, 4.69) is 62.7 Å². The number of fused-ring (bicyclic) bond motifs is 1. The lowest BCUT2D eigenvalue weighted by atomic mass is 10.1. The number of H-pyrrole nitrogens is 1. The highest BCUT2D eigenvalue weighted by atomic mass is 79.9. The SMILES string of the molecule is Cc1ccccc1Cn1c(=S)[nH]c2ccc(Br)cc21. The number of nitrogens with zero attached hydrogens (tertiary/aromatic N) is 1. The molecule has 0 atom stereocenters. The Labute approximate surface area is 125 Å². The van der Waals surface area contributed by atoms with Crippen LogP contribution in [0.5, 0.6) is 0 Å². The fraction of sp³-hybridized carbons (Fsp3) is 0.133. The molecule has 0 saturated carbocycles. The second kappa shape index (κ2) is 4.94. The molecule has 2 aromatic carbocycles. The van der Waals surface area contributed by atoms with Gasteiger partial charge in [-0.3, -0.25) is 0 Å². The first kappa shape index (κ1) is 12.6. The van der Waals surface area contributed by atoms with Crippen LogP contribution >= 0.6 is 28.1 Å². The van der Waals surface area contributed by atoms with Crippen LogP contribution in [0.15, 0.2) is 46.9 Å². The van der Waals surface area contributed by atoms with Gasteiger partial charge < -0.3 is 9.55 Å². The van der Waals surface area contributed by atoms with Crippen molar-refractivity contribution in [1.82, 2.24) is 9.55 Å². The van der Waals surface area contributed by atoms with E-state index in [1.807, 2.05) is 12.1 Å². The molecule has 19 heavy (non-hydrogen) atoms. The minimum absolute atomic E-state index is 0.761. The Balaban J connectivity index is 2.15. The quantitative estimate of drug-likeness (QED) is 0.667. The molecule has 4 heteroatoms. The van der Waals surface area contributed by atoms with Crippen LogP contribution in [0, 0.1) is 11.7 Å². The lowest BCUT2D eigenvalue weighted by molar-refractivity contribution is 0.805. The molecule has 0 aliphatic rings. The Kier molecular flexibility index (Phi) is 3.29. The van der Waals surface area contributed by atoms with Crippen LogP contribution in [0.25, 0.3) is 11.0 Å². The third-order valence-electron chi connectivity index (χ3n) is 3.33. The van der Waals surface area contributed by atoms with E-state index in [-0.39, 0.29) is 0 Å². The number of halogens is 1. The predicted molar refractivity (Wildman–Crippen MR) is 85.1 cm³/mol. The fourth-order valence-corrected chi connectivity index (χ4v) is 2.86. The van der Waals surface area contributed by atoms with Crippen LogP contribution in [0.4, 0.5) is 0 Å². The van der Waals surface area contributed by atoms with Crippen LogP contribution in [-0.4, -0.2) is 9.55 Å². The van der Waals surface area contributed by atoms with Crippen LogP contribution in [0.1, 0.15) is 11.1 Å². The number of imidazole rings is 1. The molecule has 2 nitrogen and oxygen atoms in total. The molecule has 0 aliphatic carbocycles. The molecule has 1 aromatic heterocycles. The Hall–Kier alpha value is -1.39. The molecule has 96 valence electrons. The van der Waals surface area contributed by atoms with E-state index in [9.17, 15) is 0 Å². The summed E-state index contributed by atoms with van der Waals surface area (Å²) in [6.45, 7) is 2.92. The second-order valence-corrected chi connectivity index (χ2v) is 5.91. The number of aryl methyl sites for hydroxylation is 1. The van der Waals surface area contributed by atoms with E-state index in [4.69, 9.17) is 12.2 Å². The molecule has 1 heterocycles. The number of hydrogen-bond donors (Lipinski definition) is 1. The van der Waals surface area contributed by atoms with E-state index in [1.165, 1.54) is 11.1 Å². The molecule has 1 N–H and O–H groups in total. The monoisotopic (exact) mass is 332 g/mol. The van der Waals surface area contributed by atoms with Gasteiger partial charge in [0, 0.05) is 4.47 Å². The van der Waals surface area contributed by atoms with Crippen molar-refractivity contribution in [3.63, 3.8) is 0 Å². The van der Waals surface area contributed by atoms with Gasteiger partial charge in [-0.25, -0.2) is 0 Å². The van der Waals surface area contributed by atoms with Crippen molar-refractivity contribution in [2.24, 2.45) is 0 Å². The summed E-state index contributed by atoms with van der Waals surface area (Å²) in [5, 5.41) is 0. The first-order chi connectivity index (χ1) is 9.15. The zero-order chi connectivity index (χ0) is 13.4.